The summed E-state index contributed by atoms with van der Waals surface area (Å²) in [5.41, 5.74) is -0.127. The normalized spacial score (nSPS) is 21.3. The van der Waals surface area contributed by atoms with Crippen molar-refractivity contribution in [2.45, 2.75) is 50.2 Å². The molecule has 0 bridgehead atoms. The Bertz CT molecular complexity index is 1170. The first-order chi connectivity index (χ1) is 17.7. The SMILES string of the molecule is CC1(C)OCC(=O)N(C(=O)NCCCN2CCC(C#N)(c3ccccc3)CC2)C1c1ccc(F)c(F)c1. The molecule has 0 radical (unpaired) electrons. The van der Waals surface area contributed by atoms with Crippen LogP contribution in [-0.2, 0) is 14.9 Å². The maximum Gasteiger partial charge on any atom is 0.324 e. The van der Waals surface area contributed by atoms with E-state index in [0.717, 1.165) is 55.1 Å². The minimum absolute atomic E-state index is 0.278. The van der Waals surface area contributed by atoms with Crippen molar-refractivity contribution in [2.75, 3.05) is 32.8 Å². The molecule has 2 fully saturated rings. The van der Waals surface area contributed by atoms with Gasteiger partial charge in [-0.25, -0.2) is 13.6 Å². The van der Waals surface area contributed by atoms with Crippen LogP contribution in [0.5, 0.6) is 0 Å². The van der Waals surface area contributed by atoms with Crippen LogP contribution in [0.2, 0.25) is 0 Å². The van der Waals surface area contributed by atoms with Gasteiger partial charge in [-0.3, -0.25) is 9.69 Å². The van der Waals surface area contributed by atoms with E-state index in [1.807, 2.05) is 30.3 Å². The number of carbonyl (C=O) groups excluding carboxylic acids is 2. The Labute approximate surface area is 216 Å². The lowest BCUT2D eigenvalue weighted by Gasteiger charge is -2.44. The smallest absolute Gasteiger partial charge is 0.324 e. The molecule has 37 heavy (non-hydrogen) atoms. The summed E-state index contributed by atoms with van der Waals surface area (Å²) in [6, 6.07) is 14.2. The molecule has 2 aliphatic heterocycles. The third kappa shape index (κ3) is 5.65. The van der Waals surface area contributed by atoms with Crippen molar-refractivity contribution < 1.29 is 23.1 Å². The highest BCUT2D eigenvalue weighted by molar-refractivity contribution is 5.96. The summed E-state index contributed by atoms with van der Waals surface area (Å²) in [5, 5.41) is 12.7. The number of piperidine rings is 1. The monoisotopic (exact) mass is 510 g/mol. The van der Waals surface area contributed by atoms with Gasteiger partial charge in [-0.1, -0.05) is 36.4 Å². The fourth-order valence-electron chi connectivity index (χ4n) is 5.28. The van der Waals surface area contributed by atoms with Crippen LogP contribution in [0, 0.1) is 23.0 Å². The van der Waals surface area contributed by atoms with Gasteiger partial charge >= 0.3 is 6.03 Å². The number of morpholine rings is 1. The van der Waals surface area contributed by atoms with Gasteiger partial charge in [0.2, 0.25) is 0 Å². The van der Waals surface area contributed by atoms with Gasteiger partial charge in [0.1, 0.15) is 6.61 Å². The van der Waals surface area contributed by atoms with Crippen LogP contribution in [0.1, 0.15) is 50.3 Å². The Balaban J connectivity index is 1.33. The Hall–Kier alpha value is -3.35. The number of halogens is 2. The van der Waals surface area contributed by atoms with Crippen molar-refractivity contribution in [2.24, 2.45) is 0 Å². The van der Waals surface area contributed by atoms with Crippen LogP contribution in [0.15, 0.2) is 48.5 Å². The van der Waals surface area contributed by atoms with E-state index in [9.17, 15) is 23.6 Å². The Morgan fingerprint density at radius 3 is 2.49 bits per heavy atom. The van der Waals surface area contributed by atoms with E-state index in [1.54, 1.807) is 13.8 Å². The van der Waals surface area contributed by atoms with Crippen molar-refractivity contribution in [1.29, 1.82) is 5.26 Å². The molecule has 7 nitrogen and oxygen atoms in total. The predicted molar refractivity (Wildman–Crippen MR) is 133 cm³/mol. The number of benzene rings is 2. The lowest BCUT2D eigenvalue weighted by Crippen LogP contribution is -2.58. The summed E-state index contributed by atoms with van der Waals surface area (Å²) in [6.07, 6.45) is 2.15. The number of hydrogen-bond acceptors (Lipinski definition) is 5. The molecular formula is C28H32F2N4O3. The molecule has 3 amide bonds. The van der Waals surface area contributed by atoms with Crippen molar-refractivity contribution in [3.63, 3.8) is 0 Å². The van der Waals surface area contributed by atoms with Gasteiger partial charge in [0.15, 0.2) is 11.6 Å². The lowest BCUT2D eigenvalue weighted by molar-refractivity contribution is -0.165. The molecule has 1 N–H and O–H groups in total. The average Bonchev–Trinajstić information content (AvgIpc) is 2.90. The van der Waals surface area contributed by atoms with Crippen molar-refractivity contribution in [3.05, 3.63) is 71.3 Å². The van der Waals surface area contributed by atoms with Gasteiger partial charge in [-0.2, -0.15) is 5.26 Å². The number of amides is 3. The number of likely N-dealkylation sites (tertiary alicyclic amines) is 1. The maximum atomic E-state index is 14.0. The molecule has 2 aromatic carbocycles. The number of imide groups is 1. The molecule has 1 unspecified atom stereocenters. The van der Waals surface area contributed by atoms with Crippen molar-refractivity contribution in [3.8, 4) is 6.07 Å². The van der Waals surface area contributed by atoms with Gasteiger partial charge in [-0.05, 0) is 76.0 Å². The Morgan fingerprint density at radius 1 is 1.14 bits per heavy atom. The second kappa shape index (κ2) is 11.0. The molecule has 1 atom stereocenters. The maximum absolute atomic E-state index is 14.0. The highest BCUT2D eigenvalue weighted by Crippen LogP contribution is 2.38. The summed E-state index contributed by atoms with van der Waals surface area (Å²) in [6.45, 7) is 5.78. The molecular weight excluding hydrogens is 478 g/mol. The first-order valence-corrected chi connectivity index (χ1v) is 12.5. The molecule has 0 aliphatic carbocycles. The molecule has 2 saturated heterocycles. The summed E-state index contributed by atoms with van der Waals surface area (Å²) in [5.74, 6) is -2.61. The first kappa shape index (κ1) is 26.7. The van der Waals surface area contributed by atoms with Crippen molar-refractivity contribution >= 4 is 11.9 Å². The average molecular weight is 511 g/mol. The molecule has 0 spiro atoms. The first-order valence-electron chi connectivity index (χ1n) is 12.5. The summed E-state index contributed by atoms with van der Waals surface area (Å²) in [4.78, 5) is 29.1. The Kier molecular flexibility index (Phi) is 7.90. The van der Waals surface area contributed by atoms with Gasteiger partial charge in [0.05, 0.1) is 23.1 Å². The second-order valence-corrected chi connectivity index (χ2v) is 10.2. The predicted octanol–water partition coefficient (Wildman–Crippen LogP) is 4.30. The molecule has 2 heterocycles. The zero-order chi connectivity index (χ0) is 26.6. The minimum Gasteiger partial charge on any atom is -0.363 e. The number of nitrogens with zero attached hydrogens (tertiary/aromatic N) is 3. The minimum atomic E-state index is -1.05. The molecule has 0 aromatic heterocycles. The Morgan fingerprint density at radius 2 is 1.84 bits per heavy atom. The van der Waals surface area contributed by atoms with E-state index in [4.69, 9.17) is 4.74 Å². The van der Waals surface area contributed by atoms with E-state index in [1.165, 1.54) is 6.07 Å². The fraction of sp³-hybridized carbons (Fsp3) is 0.464. The molecule has 2 aromatic rings. The fourth-order valence-corrected chi connectivity index (χ4v) is 5.28. The summed E-state index contributed by atoms with van der Waals surface area (Å²) < 4.78 is 33.1. The van der Waals surface area contributed by atoms with E-state index < -0.39 is 40.6 Å². The van der Waals surface area contributed by atoms with Crippen LogP contribution >= 0.6 is 0 Å². The van der Waals surface area contributed by atoms with E-state index in [0.29, 0.717) is 13.0 Å². The van der Waals surface area contributed by atoms with Crippen LogP contribution in [0.4, 0.5) is 13.6 Å². The molecule has 4 rings (SSSR count). The molecule has 9 heteroatoms. The van der Waals surface area contributed by atoms with E-state index in [2.05, 4.69) is 16.3 Å². The quantitative estimate of drug-likeness (QED) is 0.586. The van der Waals surface area contributed by atoms with Crippen LogP contribution < -0.4 is 5.32 Å². The van der Waals surface area contributed by atoms with Crippen LogP contribution in [0.25, 0.3) is 0 Å². The van der Waals surface area contributed by atoms with Gasteiger partial charge < -0.3 is 15.0 Å². The number of rotatable bonds is 6. The summed E-state index contributed by atoms with van der Waals surface area (Å²) in [7, 11) is 0. The third-order valence-electron chi connectivity index (χ3n) is 7.41. The van der Waals surface area contributed by atoms with Crippen molar-refractivity contribution in [1.82, 2.24) is 15.1 Å². The van der Waals surface area contributed by atoms with E-state index >= 15 is 0 Å². The van der Waals surface area contributed by atoms with Gasteiger partial charge in [0, 0.05) is 6.54 Å². The summed E-state index contributed by atoms with van der Waals surface area (Å²) >= 11 is 0. The van der Waals surface area contributed by atoms with Crippen LogP contribution in [-0.4, -0.2) is 60.1 Å². The molecule has 196 valence electrons. The van der Waals surface area contributed by atoms with E-state index in [-0.39, 0.29) is 12.2 Å². The highest BCUT2D eigenvalue weighted by atomic mass is 19.2. The van der Waals surface area contributed by atoms with Gasteiger partial charge in [0.25, 0.3) is 5.91 Å². The number of nitrogens with one attached hydrogen (secondary N) is 1. The van der Waals surface area contributed by atoms with Crippen LogP contribution in [0.3, 0.4) is 0 Å². The molecule has 2 aliphatic rings. The number of urea groups is 1. The number of nitriles is 1. The third-order valence-corrected chi connectivity index (χ3v) is 7.41. The number of ether oxygens (including phenoxy) is 1. The number of carbonyl (C=O) groups is 2. The zero-order valence-corrected chi connectivity index (χ0v) is 21.2. The topological polar surface area (TPSA) is 85.7 Å². The standard InChI is InChI=1S/C28H32F2N4O3/c1-27(2)25(20-9-10-22(29)23(30)17-20)34(24(35)18-37-27)26(36)32-13-6-14-33-15-11-28(19-31,12-16-33)21-7-4-3-5-8-21/h3-5,7-10,17,25H,6,11-16,18H2,1-2H3,(H,32,36). The molecule has 0 saturated carbocycles. The second-order valence-electron chi connectivity index (χ2n) is 10.2. The number of hydrogen-bond donors (Lipinski definition) is 1. The highest BCUT2D eigenvalue weighted by Gasteiger charge is 2.46. The van der Waals surface area contributed by atoms with Gasteiger partial charge in [-0.15, -0.1) is 0 Å². The largest absolute Gasteiger partial charge is 0.363 e. The zero-order valence-electron chi connectivity index (χ0n) is 21.2. The lowest BCUT2D eigenvalue weighted by atomic mass is 9.74.